The van der Waals surface area contributed by atoms with E-state index in [1.807, 2.05) is 24.3 Å². The molecule has 1 aliphatic heterocycles. The van der Waals surface area contributed by atoms with E-state index in [4.69, 9.17) is 9.47 Å². The fraction of sp³-hybridized carbons (Fsp3) is 0.429. The van der Waals surface area contributed by atoms with Gasteiger partial charge in [0.2, 0.25) is 0 Å². The third kappa shape index (κ3) is 2.10. The Labute approximate surface area is 111 Å². The van der Waals surface area contributed by atoms with Crippen LogP contribution in [0.3, 0.4) is 0 Å². The predicted molar refractivity (Wildman–Crippen MR) is 69.9 cm³/mol. The standard InChI is InChI=1S/C14H16N2O3/c1-18-14(17)13-10-6-2-3-7-11(10)16(15-13)12-8-4-5-9-19-12/h2-3,6-7,12H,4-5,8-9H2,1H3. The van der Waals surface area contributed by atoms with Crippen LogP contribution < -0.4 is 0 Å². The van der Waals surface area contributed by atoms with E-state index in [0.29, 0.717) is 5.69 Å². The second-order valence-corrected chi connectivity index (χ2v) is 4.62. The third-order valence-electron chi connectivity index (χ3n) is 3.42. The van der Waals surface area contributed by atoms with Crippen molar-refractivity contribution in [1.29, 1.82) is 0 Å². The number of benzene rings is 1. The molecule has 1 aromatic heterocycles. The lowest BCUT2D eigenvalue weighted by molar-refractivity contribution is -0.0369. The van der Waals surface area contributed by atoms with Crippen LogP contribution in [-0.2, 0) is 9.47 Å². The largest absolute Gasteiger partial charge is 0.464 e. The van der Waals surface area contributed by atoms with E-state index in [-0.39, 0.29) is 6.23 Å². The average Bonchev–Trinajstić information content (AvgIpc) is 2.87. The maximum atomic E-state index is 11.8. The first-order valence-corrected chi connectivity index (χ1v) is 6.48. The zero-order valence-corrected chi connectivity index (χ0v) is 10.8. The van der Waals surface area contributed by atoms with Crippen molar-refractivity contribution in [2.45, 2.75) is 25.5 Å². The van der Waals surface area contributed by atoms with Crippen molar-refractivity contribution in [3.63, 3.8) is 0 Å². The van der Waals surface area contributed by atoms with Crippen molar-refractivity contribution in [3.05, 3.63) is 30.0 Å². The Morgan fingerprint density at radius 2 is 2.26 bits per heavy atom. The SMILES string of the molecule is COC(=O)c1nn(C2CCCCO2)c2ccccc12. The quantitative estimate of drug-likeness (QED) is 0.778. The lowest BCUT2D eigenvalue weighted by atomic mass is 10.2. The molecule has 1 aliphatic rings. The van der Waals surface area contributed by atoms with E-state index >= 15 is 0 Å². The second-order valence-electron chi connectivity index (χ2n) is 4.62. The van der Waals surface area contributed by atoms with Crippen molar-refractivity contribution in [1.82, 2.24) is 9.78 Å². The summed E-state index contributed by atoms with van der Waals surface area (Å²) in [4.78, 5) is 11.8. The van der Waals surface area contributed by atoms with Crippen molar-refractivity contribution < 1.29 is 14.3 Å². The second kappa shape index (κ2) is 5.01. The molecular formula is C14H16N2O3. The summed E-state index contributed by atoms with van der Waals surface area (Å²) in [5, 5.41) is 5.21. The van der Waals surface area contributed by atoms with E-state index in [1.165, 1.54) is 7.11 Å². The van der Waals surface area contributed by atoms with Gasteiger partial charge in [-0.1, -0.05) is 18.2 Å². The number of rotatable bonds is 2. The summed E-state index contributed by atoms with van der Waals surface area (Å²) < 4.78 is 12.3. The molecule has 0 aliphatic carbocycles. The zero-order valence-electron chi connectivity index (χ0n) is 10.8. The first kappa shape index (κ1) is 12.2. The van der Waals surface area contributed by atoms with Crippen LogP contribution in [0.25, 0.3) is 10.9 Å². The van der Waals surface area contributed by atoms with Crippen molar-refractivity contribution >= 4 is 16.9 Å². The van der Waals surface area contributed by atoms with Gasteiger partial charge in [0.05, 0.1) is 12.6 Å². The number of carbonyl (C=O) groups excluding carboxylic acids is 1. The Bertz CT molecular complexity index is 600. The Morgan fingerprint density at radius 3 is 3.00 bits per heavy atom. The number of ether oxygens (including phenoxy) is 2. The van der Waals surface area contributed by atoms with Crippen LogP contribution in [-0.4, -0.2) is 29.5 Å². The summed E-state index contributed by atoms with van der Waals surface area (Å²) >= 11 is 0. The number of hydrogen-bond donors (Lipinski definition) is 0. The van der Waals surface area contributed by atoms with Gasteiger partial charge in [-0.05, 0) is 25.3 Å². The molecule has 2 heterocycles. The molecule has 1 atom stereocenters. The molecule has 0 spiro atoms. The Kier molecular flexibility index (Phi) is 3.21. The van der Waals surface area contributed by atoms with Crippen molar-refractivity contribution in [3.8, 4) is 0 Å². The molecular weight excluding hydrogens is 244 g/mol. The molecule has 1 fully saturated rings. The van der Waals surface area contributed by atoms with E-state index in [2.05, 4.69) is 5.10 Å². The number of aromatic nitrogens is 2. The molecule has 2 aromatic rings. The first-order chi connectivity index (χ1) is 9.31. The Balaban J connectivity index is 2.11. The van der Waals surface area contributed by atoms with Gasteiger partial charge >= 0.3 is 5.97 Å². The monoisotopic (exact) mass is 260 g/mol. The third-order valence-corrected chi connectivity index (χ3v) is 3.42. The predicted octanol–water partition coefficient (Wildman–Crippen LogP) is 2.52. The van der Waals surface area contributed by atoms with E-state index in [0.717, 1.165) is 36.8 Å². The smallest absolute Gasteiger partial charge is 0.359 e. The number of carbonyl (C=O) groups is 1. The Hall–Kier alpha value is -1.88. The molecule has 0 amide bonds. The van der Waals surface area contributed by atoms with Crippen LogP contribution in [0.4, 0.5) is 0 Å². The highest BCUT2D eigenvalue weighted by Gasteiger charge is 2.23. The summed E-state index contributed by atoms with van der Waals surface area (Å²) in [6.07, 6.45) is 3.04. The fourth-order valence-electron chi connectivity index (χ4n) is 2.47. The first-order valence-electron chi connectivity index (χ1n) is 6.48. The molecule has 5 nitrogen and oxygen atoms in total. The molecule has 1 aromatic carbocycles. The van der Waals surface area contributed by atoms with Gasteiger partial charge in [-0.25, -0.2) is 9.48 Å². The molecule has 0 radical (unpaired) electrons. The number of esters is 1. The maximum Gasteiger partial charge on any atom is 0.359 e. The zero-order chi connectivity index (χ0) is 13.2. The van der Waals surface area contributed by atoms with E-state index in [1.54, 1.807) is 4.68 Å². The molecule has 1 unspecified atom stereocenters. The van der Waals surface area contributed by atoms with Gasteiger partial charge in [-0.15, -0.1) is 0 Å². The highest BCUT2D eigenvalue weighted by molar-refractivity contribution is 6.02. The number of fused-ring (bicyclic) bond motifs is 1. The number of hydrogen-bond acceptors (Lipinski definition) is 4. The highest BCUT2D eigenvalue weighted by atomic mass is 16.5. The molecule has 3 rings (SSSR count). The van der Waals surface area contributed by atoms with E-state index in [9.17, 15) is 4.79 Å². The summed E-state index contributed by atoms with van der Waals surface area (Å²) in [5.41, 5.74) is 1.27. The van der Waals surface area contributed by atoms with Crippen LogP contribution in [0.2, 0.25) is 0 Å². The van der Waals surface area contributed by atoms with Crippen molar-refractivity contribution in [2.24, 2.45) is 0 Å². The van der Waals surface area contributed by atoms with Gasteiger partial charge in [-0.3, -0.25) is 0 Å². The summed E-state index contributed by atoms with van der Waals surface area (Å²) in [5.74, 6) is -0.411. The van der Waals surface area contributed by atoms with Crippen LogP contribution in [0.5, 0.6) is 0 Å². The minimum atomic E-state index is -0.411. The molecule has 5 heteroatoms. The van der Waals surface area contributed by atoms with Gasteiger partial charge in [-0.2, -0.15) is 5.10 Å². The topological polar surface area (TPSA) is 53.3 Å². The molecule has 0 saturated carbocycles. The van der Waals surface area contributed by atoms with Crippen molar-refractivity contribution in [2.75, 3.05) is 13.7 Å². The molecule has 0 bridgehead atoms. The van der Waals surface area contributed by atoms with Crippen LogP contribution >= 0.6 is 0 Å². The molecule has 0 N–H and O–H groups in total. The summed E-state index contributed by atoms with van der Waals surface area (Å²) in [6.45, 7) is 0.742. The fourth-order valence-corrected chi connectivity index (χ4v) is 2.47. The van der Waals surface area contributed by atoms with Gasteiger partial charge in [0, 0.05) is 12.0 Å². The minimum absolute atomic E-state index is 0.0861. The molecule has 100 valence electrons. The lowest BCUT2D eigenvalue weighted by Gasteiger charge is -2.23. The number of nitrogens with zero attached hydrogens (tertiary/aromatic N) is 2. The normalized spacial score (nSPS) is 19.5. The minimum Gasteiger partial charge on any atom is -0.464 e. The average molecular weight is 260 g/mol. The van der Waals surface area contributed by atoms with Crippen LogP contribution in [0.1, 0.15) is 36.0 Å². The molecule has 19 heavy (non-hydrogen) atoms. The van der Waals surface area contributed by atoms with Crippen LogP contribution in [0, 0.1) is 0 Å². The van der Waals surface area contributed by atoms with Gasteiger partial charge in [0.1, 0.15) is 0 Å². The number of methoxy groups -OCH3 is 1. The highest BCUT2D eigenvalue weighted by Crippen LogP contribution is 2.28. The van der Waals surface area contributed by atoms with Gasteiger partial charge < -0.3 is 9.47 Å². The Morgan fingerprint density at radius 1 is 1.42 bits per heavy atom. The lowest BCUT2D eigenvalue weighted by Crippen LogP contribution is -2.19. The maximum absolute atomic E-state index is 11.8. The number of para-hydroxylation sites is 1. The van der Waals surface area contributed by atoms with Crippen LogP contribution in [0.15, 0.2) is 24.3 Å². The van der Waals surface area contributed by atoms with E-state index < -0.39 is 5.97 Å². The van der Waals surface area contributed by atoms with Gasteiger partial charge in [0.25, 0.3) is 0 Å². The van der Waals surface area contributed by atoms with Gasteiger partial charge in [0.15, 0.2) is 11.9 Å². The molecule has 1 saturated heterocycles. The summed E-state index contributed by atoms with van der Waals surface area (Å²) in [6, 6.07) is 7.66. The summed E-state index contributed by atoms with van der Waals surface area (Å²) in [7, 11) is 1.37.